The molecule has 0 radical (unpaired) electrons. The van der Waals surface area contributed by atoms with Crippen LogP contribution < -0.4 is 16.2 Å². The zero-order valence-electron chi connectivity index (χ0n) is 23.8. The lowest BCUT2D eigenvalue weighted by atomic mass is 10.0. The zero-order chi connectivity index (χ0) is 30.9. The number of anilines is 1. The first-order valence-electron chi connectivity index (χ1n) is 14.3. The fraction of sp³-hybridized carbons (Fsp3) is 0.118. The quantitative estimate of drug-likeness (QED) is 0.179. The largest absolute Gasteiger partial charge is 0.456 e. The van der Waals surface area contributed by atoms with Crippen LogP contribution in [0.15, 0.2) is 107 Å². The summed E-state index contributed by atoms with van der Waals surface area (Å²) < 4.78 is 36.3. The van der Waals surface area contributed by atoms with Gasteiger partial charge in [0.1, 0.15) is 41.7 Å². The van der Waals surface area contributed by atoms with Gasteiger partial charge in [0, 0.05) is 39.8 Å². The molecule has 45 heavy (non-hydrogen) atoms. The fourth-order valence-corrected chi connectivity index (χ4v) is 5.48. The molecule has 4 heterocycles. The maximum Gasteiger partial charge on any atom is 0.277 e. The van der Waals surface area contributed by atoms with Crippen molar-refractivity contribution in [2.45, 2.75) is 19.1 Å². The summed E-state index contributed by atoms with van der Waals surface area (Å²) in [4.78, 5) is 38.6. The number of nitrogens with one attached hydrogen (secondary N) is 3. The van der Waals surface area contributed by atoms with Crippen molar-refractivity contribution in [2.75, 3.05) is 12.0 Å². The van der Waals surface area contributed by atoms with Crippen molar-refractivity contribution in [2.24, 2.45) is 0 Å². The lowest BCUT2D eigenvalue weighted by Gasteiger charge is -2.19. The molecule has 1 amide bonds. The summed E-state index contributed by atoms with van der Waals surface area (Å²) in [5.74, 6) is -1.13. The Morgan fingerprint density at radius 3 is 2.64 bits per heavy atom. The highest BCUT2D eigenvalue weighted by Crippen LogP contribution is 2.31. The topological polar surface area (TPSA) is 118 Å². The molecule has 0 fully saturated rings. The number of fused-ring (bicyclic) bond motifs is 4. The number of carbonyl (C=O) groups is 1. The number of H-pyrrole nitrogens is 1. The van der Waals surface area contributed by atoms with Crippen molar-refractivity contribution in [1.29, 1.82) is 0 Å². The van der Waals surface area contributed by atoms with Crippen LogP contribution in [0, 0.1) is 5.82 Å². The number of nitrogens with zero attached hydrogens (tertiary/aromatic N) is 3. The molecule has 0 aliphatic rings. The summed E-state index contributed by atoms with van der Waals surface area (Å²) in [7, 11) is 0. The van der Waals surface area contributed by atoms with Gasteiger partial charge >= 0.3 is 0 Å². The molecule has 0 saturated carbocycles. The van der Waals surface area contributed by atoms with E-state index in [0.717, 1.165) is 31.9 Å². The highest BCUT2D eigenvalue weighted by atomic mass is 19.1. The Labute approximate surface area is 254 Å². The Morgan fingerprint density at radius 1 is 0.978 bits per heavy atom. The minimum absolute atomic E-state index is 0.0291. The number of rotatable bonds is 9. The van der Waals surface area contributed by atoms with Gasteiger partial charge in [0.05, 0.1) is 24.3 Å². The number of hydrogen-bond donors (Lipinski definition) is 3. The molecule has 0 spiro atoms. The van der Waals surface area contributed by atoms with Crippen molar-refractivity contribution >= 4 is 44.4 Å². The summed E-state index contributed by atoms with van der Waals surface area (Å²) in [5.41, 5.74) is 2.95. The lowest BCUT2D eigenvalue weighted by Crippen LogP contribution is -2.35. The van der Waals surface area contributed by atoms with E-state index in [1.165, 1.54) is 24.4 Å². The van der Waals surface area contributed by atoms with Gasteiger partial charge in [0.2, 0.25) is 5.91 Å². The molecule has 224 valence electrons. The predicted molar refractivity (Wildman–Crippen MR) is 168 cm³/mol. The monoisotopic (exact) mass is 604 g/mol. The van der Waals surface area contributed by atoms with Gasteiger partial charge in [-0.25, -0.2) is 13.8 Å². The van der Waals surface area contributed by atoms with Gasteiger partial charge in [-0.1, -0.05) is 36.4 Å². The summed E-state index contributed by atoms with van der Waals surface area (Å²) in [6.45, 7) is -1.12. The standard InChI is InChI=1S/C34H26F2N6O3/c35-15-28(20-9-10-31-25(14-20)23-5-2-4-8-30(23)45-31)41-29-18-39-33(24-6-1-3-7-26(24)36)42(34(29)44)19-32(43)38-17-22-13-21-16-37-12-11-27(21)40-22/h1-14,16,18,28,40-41H,15,17,19H2,(H,38,43)/t28-/m1/s1. The number of benzene rings is 3. The third-order valence-corrected chi connectivity index (χ3v) is 7.70. The molecule has 1 atom stereocenters. The summed E-state index contributed by atoms with van der Waals surface area (Å²) in [6.07, 6.45) is 4.62. The molecule has 0 unspecified atom stereocenters. The van der Waals surface area contributed by atoms with Gasteiger partial charge in [0.25, 0.3) is 5.56 Å². The normalized spacial score (nSPS) is 12.1. The first-order chi connectivity index (χ1) is 22.0. The first-order valence-corrected chi connectivity index (χ1v) is 14.3. The minimum Gasteiger partial charge on any atom is -0.456 e. The van der Waals surface area contributed by atoms with Crippen molar-refractivity contribution in [1.82, 2.24) is 24.8 Å². The van der Waals surface area contributed by atoms with Crippen LogP contribution in [0.5, 0.6) is 0 Å². The Balaban J connectivity index is 1.19. The number of hydrogen-bond acceptors (Lipinski definition) is 6. The van der Waals surface area contributed by atoms with Crippen LogP contribution >= 0.6 is 0 Å². The van der Waals surface area contributed by atoms with E-state index in [9.17, 15) is 18.4 Å². The summed E-state index contributed by atoms with van der Waals surface area (Å²) in [5, 5.41) is 8.35. The number of alkyl halides is 1. The molecule has 7 aromatic rings. The molecule has 4 aromatic heterocycles. The molecule has 0 bridgehead atoms. The lowest BCUT2D eigenvalue weighted by molar-refractivity contribution is -0.121. The number of carbonyl (C=O) groups excluding carboxylic acids is 1. The van der Waals surface area contributed by atoms with E-state index >= 15 is 0 Å². The molecule has 11 heteroatoms. The van der Waals surface area contributed by atoms with Crippen molar-refractivity contribution < 1.29 is 18.0 Å². The van der Waals surface area contributed by atoms with E-state index < -0.39 is 36.5 Å². The van der Waals surface area contributed by atoms with E-state index in [1.54, 1.807) is 30.6 Å². The molecule has 9 nitrogen and oxygen atoms in total. The van der Waals surface area contributed by atoms with E-state index in [4.69, 9.17) is 4.42 Å². The Kier molecular flexibility index (Phi) is 7.26. The van der Waals surface area contributed by atoms with Crippen LogP contribution in [-0.2, 0) is 17.9 Å². The molecule has 3 aromatic carbocycles. The van der Waals surface area contributed by atoms with Crippen LogP contribution in [0.25, 0.3) is 44.2 Å². The van der Waals surface area contributed by atoms with E-state index in [1.807, 2.05) is 42.5 Å². The third-order valence-electron chi connectivity index (χ3n) is 7.70. The minimum atomic E-state index is -0.907. The second-order valence-corrected chi connectivity index (χ2v) is 10.6. The first kappa shape index (κ1) is 28.0. The zero-order valence-corrected chi connectivity index (χ0v) is 23.8. The third kappa shape index (κ3) is 5.40. The average Bonchev–Trinajstić information content (AvgIpc) is 3.65. The number of halogens is 2. The SMILES string of the molecule is O=C(Cn1c(-c2ccccc2F)ncc(N[C@H](CF)c2ccc3oc4ccccc4c3c2)c1=O)NCc1cc2cnccc2[nH]1. The maximum atomic E-state index is 14.9. The second kappa shape index (κ2) is 11.7. The molecule has 3 N–H and O–H groups in total. The predicted octanol–water partition coefficient (Wildman–Crippen LogP) is 6.26. The second-order valence-electron chi connectivity index (χ2n) is 10.6. The number of amides is 1. The van der Waals surface area contributed by atoms with Crippen molar-refractivity contribution in [3.8, 4) is 11.4 Å². The number of para-hydroxylation sites is 1. The van der Waals surface area contributed by atoms with Crippen molar-refractivity contribution in [3.63, 3.8) is 0 Å². The molecular formula is C34H26F2N6O3. The number of pyridine rings is 1. The summed E-state index contributed by atoms with van der Waals surface area (Å²) in [6, 6.07) is 21.5. The highest BCUT2D eigenvalue weighted by Gasteiger charge is 2.21. The molecule has 7 rings (SSSR count). The maximum absolute atomic E-state index is 14.9. The van der Waals surface area contributed by atoms with Gasteiger partial charge < -0.3 is 20.0 Å². The molecule has 0 saturated heterocycles. The van der Waals surface area contributed by atoms with E-state index in [2.05, 4.69) is 25.6 Å². The van der Waals surface area contributed by atoms with Crippen molar-refractivity contribution in [3.05, 3.63) is 125 Å². The van der Waals surface area contributed by atoms with Crippen LogP contribution in [0.1, 0.15) is 17.3 Å². The van der Waals surface area contributed by atoms with Gasteiger partial charge in [-0.15, -0.1) is 0 Å². The average molecular weight is 605 g/mol. The summed E-state index contributed by atoms with van der Waals surface area (Å²) >= 11 is 0. The Hall–Kier alpha value is -5.84. The molecule has 0 aliphatic heterocycles. The van der Waals surface area contributed by atoms with E-state index in [-0.39, 0.29) is 23.6 Å². The fourth-order valence-electron chi connectivity index (χ4n) is 5.48. The Morgan fingerprint density at radius 2 is 1.80 bits per heavy atom. The number of aromatic nitrogens is 4. The van der Waals surface area contributed by atoms with Crippen LogP contribution in [0.4, 0.5) is 14.5 Å². The number of furan rings is 1. The molecule has 0 aliphatic carbocycles. The van der Waals surface area contributed by atoms with Gasteiger partial charge in [0.15, 0.2) is 0 Å². The smallest absolute Gasteiger partial charge is 0.277 e. The van der Waals surface area contributed by atoms with Gasteiger partial charge in [-0.2, -0.15) is 0 Å². The Bertz CT molecular complexity index is 2220. The molecular weight excluding hydrogens is 578 g/mol. The van der Waals surface area contributed by atoms with Crippen LogP contribution in [0.3, 0.4) is 0 Å². The van der Waals surface area contributed by atoms with E-state index in [0.29, 0.717) is 16.7 Å². The highest BCUT2D eigenvalue weighted by molar-refractivity contribution is 6.05. The van der Waals surface area contributed by atoms with Crippen LogP contribution in [0.2, 0.25) is 0 Å². The van der Waals surface area contributed by atoms with Gasteiger partial charge in [-0.3, -0.25) is 19.1 Å². The van der Waals surface area contributed by atoms with Crippen LogP contribution in [-0.4, -0.2) is 32.1 Å². The number of aromatic amines is 1. The van der Waals surface area contributed by atoms with Gasteiger partial charge in [-0.05, 0) is 48.0 Å².